The van der Waals surface area contributed by atoms with Crippen molar-refractivity contribution in [3.63, 3.8) is 0 Å². The second kappa shape index (κ2) is 9.59. The van der Waals surface area contributed by atoms with E-state index in [0.29, 0.717) is 0 Å². The highest BCUT2D eigenvalue weighted by molar-refractivity contribution is 7.26. The Labute approximate surface area is 216 Å². The molecule has 0 amide bonds. The molecule has 0 spiro atoms. The molecule has 0 radical (unpaired) electrons. The molecule has 0 N–H and O–H groups in total. The zero-order valence-corrected chi connectivity index (χ0v) is 21.1. The third kappa shape index (κ3) is 4.44. The molecule has 3 aromatic heterocycles. The summed E-state index contributed by atoms with van der Waals surface area (Å²) in [7, 11) is 0. The third-order valence-corrected chi connectivity index (χ3v) is 9.38. The summed E-state index contributed by atoms with van der Waals surface area (Å²) in [6.45, 7) is 0. The van der Waals surface area contributed by atoms with Gasteiger partial charge in [0.2, 0.25) is 0 Å². The maximum Gasteiger partial charge on any atom is 0.186 e. The number of carbonyl (C=O) groups excluding carboxylic acids is 1. The van der Waals surface area contributed by atoms with E-state index in [9.17, 15) is 4.79 Å². The van der Waals surface area contributed by atoms with Gasteiger partial charge in [0.25, 0.3) is 0 Å². The van der Waals surface area contributed by atoms with Crippen molar-refractivity contribution >= 4 is 57.0 Å². The molecule has 1 aliphatic carbocycles. The average molecular weight is 505 g/mol. The predicted octanol–water partition coefficient (Wildman–Crippen LogP) is 9.32. The summed E-state index contributed by atoms with van der Waals surface area (Å²) < 4.78 is 0. The Balaban J connectivity index is 1.40. The van der Waals surface area contributed by atoms with Gasteiger partial charge in [0.15, 0.2) is 5.78 Å². The van der Waals surface area contributed by atoms with Gasteiger partial charge < -0.3 is 0 Å². The fourth-order valence-electron chi connectivity index (χ4n) is 4.19. The molecule has 0 fully saturated rings. The molecular formula is C31H20OS3. The smallest absolute Gasteiger partial charge is 0.186 e. The molecule has 35 heavy (non-hydrogen) atoms. The van der Waals surface area contributed by atoms with Gasteiger partial charge in [-0.1, -0.05) is 72.8 Å². The summed E-state index contributed by atoms with van der Waals surface area (Å²) in [4.78, 5) is 19.1. The van der Waals surface area contributed by atoms with Gasteiger partial charge in [-0.3, -0.25) is 4.79 Å². The van der Waals surface area contributed by atoms with Crippen LogP contribution in [0.3, 0.4) is 0 Å². The van der Waals surface area contributed by atoms with Crippen LogP contribution in [0.1, 0.15) is 21.6 Å². The molecule has 1 nitrogen and oxygen atoms in total. The molecule has 6 rings (SSSR count). The van der Waals surface area contributed by atoms with Crippen molar-refractivity contribution in [3.05, 3.63) is 136 Å². The Morgan fingerprint density at radius 3 is 2.23 bits per heavy atom. The van der Waals surface area contributed by atoms with E-state index in [1.165, 1.54) is 24.4 Å². The maximum absolute atomic E-state index is 12.8. The molecule has 0 bridgehead atoms. The molecule has 0 atom stereocenters. The van der Waals surface area contributed by atoms with E-state index in [-0.39, 0.29) is 5.78 Å². The normalized spacial score (nSPS) is 14.5. The number of carbonyl (C=O) groups is 1. The highest BCUT2D eigenvalue weighted by atomic mass is 32.1. The first-order valence-corrected chi connectivity index (χ1v) is 13.8. The maximum atomic E-state index is 12.8. The summed E-state index contributed by atoms with van der Waals surface area (Å²) in [5.41, 5.74) is 5.03. The Morgan fingerprint density at radius 1 is 0.657 bits per heavy atom. The van der Waals surface area contributed by atoms with E-state index in [1.54, 1.807) is 28.7 Å². The number of thiophene rings is 3. The topological polar surface area (TPSA) is 17.1 Å². The average Bonchev–Trinajstić information content (AvgIpc) is 3.67. The number of ketones is 1. The van der Waals surface area contributed by atoms with Crippen LogP contribution in [0.15, 0.2) is 115 Å². The highest BCUT2D eigenvalue weighted by Gasteiger charge is 2.17. The van der Waals surface area contributed by atoms with Crippen LogP contribution >= 0.6 is 34.0 Å². The van der Waals surface area contributed by atoms with Crippen LogP contribution in [0.2, 0.25) is 0 Å². The molecule has 0 aliphatic heterocycles. The summed E-state index contributed by atoms with van der Waals surface area (Å²) in [5, 5.41) is 2.12. The van der Waals surface area contributed by atoms with E-state index in [1.807, 2.05) is 53.8 Å². The molecule has 0 unspecified atom stereocenters. The predicted molar refractivity (Wildman–Crippen MR) is 153 cm³/mol. The zero-order valence-electron chi connectivity index (χ0n) is 18.7. The quantitative estimate of drug-likeness (QED) is 0.218. The van der Waals surface area contributed by atoms with Crippen LogP contribution in [-0.2, 0) is 4.79 Å². The standard InChI is InChI=1S/C31H20OS3/c32-26-15-12-22-9-4-5-10-23(22)25(26)14-13-24(21-7-2-1-3-8-21)27-16-17-30(34-27)31-19-18-29(35-31)28-11-6-20-33-28/h1-20H/b24-13+,25-14+. The van der Waals surface area contributed by atoms with E-state index in [0.717, 1.165) is 27.8 Å². The van der Waals surface area contributed by atoms with Crippen LogP contribution < -0.4 is 0 Å². The van der Waals surface area contributed by atoms with Gasteiger partial charge in [-0.2, -0.15) is 0 Å². The van der Waals surface area contributed by atoms with Crippen molar-refractivity contribution in [3.8, 4) is 19.5 Å². The number of allylic oxidation sites excluding steroid dienone is 4. The molecular weight excluding hydrogens is 485 g/mol. The fraction of sp³-hybridized carbons (Fsp3) is 0. The number of hydrogen-bond acceptors (Lipinski definition) is 4. The molecule has 2 aromatic carbocycles. The van der Waals surface area contributed by atoms with Crippen LogP contribution in [0.4, 0.5) is 0 Å². The minimum absolute atomic E-state index is 0.0407. The second-order valence-electron chi connectivity index (χ2n) is 8.12. The molecule has 5 aromatic rings. The van der Waals surface area contributed by atoms with Gasteiger partial charge in [0, 0.05) is 30.0 Å². The summed E-state index contributed by atoms with van der Waals surface area (Å²) >= 11 is 5.39. The minimum atomic E-state index is 0.0407. The van der Waals surface area contributed by atoms with Gasteiger partial charge >= 0.3 is 0 Å². The SMILES string of the molecule is O=C1C=Cc2ccccc2/C1=C\C=C(/c1ccccc1)c1ccc(-c2ccc(-c3cccs3)s2)s1. The van der Waals surface area contributed by atoms with Crippen molar-refractivity contribution in [2.45, 2.75) is 0 Å². The van der Waals surface area contributed by atoms with Crippen LogP contribution in [0, 0.1) is 0 Å². The fourth-order valence-corrected chi connectivity index (χ4v) is 7.17. The number of hydrogen-bond donors (Lipinski definition) is 0. The Bertz CT molecular complexity index is 1590. The van der Waals surface area contributed by atoms with Crippen LogP contribution in [-0.4, -0.2) is 5.78 Å². The summed E-state index contributed by atoms with van der Waals surface area (Å²) in [6, 6.07) is 31.5. The van der Waals surface area contributed by atoms with Crippen molar-refractivity contribution in [2.75, 3.05) is 0 Å². The van der Waals surface area contributed by atoms with Crippen molar-refractivity contribution < 1.29 is 4.79 Å². The molecule has 3 heterocycles. The van der Waals surface area contributed by atoms with Gasteiger partial charge in [-0.15, -0.1) is 34.0 Å². The minimum Gasteiger partial charge on any atom is -0.289 e. The van der Waals surface area contributed by atoms with Crippen molar-refractivity contribution in [1.82, 2.24) is 0 Å². The highest BCUT2D eigenvalue weighted by Crippen LogP contribution is 2.41. The first-order chi connectivity index (χ1) is 17.3. The first-order valence-electron chi connectivity index (χ1n) is 11.3. The van der Waals surface area contributed by atoms with Gasteiger partial charge in [0.1, 0.15) is 0 Å². The largest absolute Gasteiger partial charge is 0.289 e. The Kier molecular flexibility index (Phi) is 6.01. The lowest BCUT2D eigenvalue weighted by Crippen LogP contribution is -2.04. The Morgan fingerprint density at radius 2 is 1.40 bits per heavy atom. The van der Waals surface area contributed by atoms with Crippen molar-refractivity contribution in [1.29, 1.82) is 0 Å². The molecule has 0 saturated heterocycles. The monoisotopic (exact) mass is 504 g/mol. The molecule has 1 aliphatic rings. The zero-order chi connectivity index (χ0) is 23.6. The second-order valence-corrected chi connectivity index (χ2v) is 11.2. The number of rotatable bonds is 5. The summed E-state index contributed by atoms with van der Waals surface area (Å²) in [5.74, 6) is 0.0407. The van der Waals surface area contributed by atoms with E-state index in [2.05, 4.69) is 72.1 Å². The van der Waals surface area contributed by atoms with E-state index >= 15 is 0 Å². The molecule has 168 valence electrons. The lowest BCUT2D eigenvalue weighted by molar-refractivity contribution is -0.109. The van der Waals surface area contributed by atoms with E-state index < -0.39 is 0 Å². The number of fused-ring (bicyclic) bond motifs is 1. The van der Waals surface area contributed by atoms with Crippen LogP contribution in [0.5, 0.6) is 0 Å². The van der Waals surface area contributed by atoms with E-state index in [4.69, 9.17) is 0 Å². The van der Waals surface area contributed by atoms with Crippen molar-refractivity contribution in [2.24, 2.45) is 0 Å². The lowest BCUT2D eigenvalue weighted by Gasteiger charge is -2.12. The van der Waals surface area contributed by atoms with Crippen LogP contribution in [0.25, 0.3) is 36.7 Å². The third-order valence-electron chi connectivity index (χ3n) is 5.92. The lowest BCUT2D eigenvalue weighted by atomic mass is 9.90. The number of benzene rings is 2. The van der Waals surface area contributed by atoms with Gasteiger partial charge in [-0.25, -0.2) is 0 Å². The molecule has 0 saturated carbocycles. The first kappa shape index (κ1) is 21.9. The molecule has 4 heteroatoms. The van der Waals surface area contributed by atoms with Gasteiger partial charge in [0.05, 0.1) is 0 Å². The van der Waals surface area contributed by atoms with Gasteiger partial charge in [-0.05, 0) is 70.1 Å². The summed E-state index contributed by atoms with van der Waals surface area (Å²) in [6.07, 6.45) is 7.63. The Hall–Kier alpha value is -3.57.